The molecule has 35 heavy (non-hydrogen) atoms. The molecule has 1 saturated heterocycles. The average Bonchev–Trinajstić information content (AvgIpc) is 2.82. The first-order valence-electron chi connectivity index (χ1n) is 12.4. The molecule has 1 fully saturated rings. The van der Waals surface area contributed by atoms with Crippen molar-refractivity contribution in [3.63, 3.8) is 0 Å². The van der Waals surface area contributed by atoms with Crippen molar-refractivity contribution in [1.29, 1.82) is 0 Å². The van der Waals surface area contributed by atoms with E-state index in [1.165, 1.54) is 0 Å². The summed E-state index contributed by atoms with van der Waals surface area (Å²) in [6.45, 7) is 8.41. The van der Waals surface area contributed by atoms with Crippen LogP contribution in [0.2, 0.25) is 0 Å². The second-order valence-corrected chi connectivity index (χ2v) is 10.2. The van der Waals surface area contributed by atoms with Crippen molar-refractivity contribution in [3.8, 4) is 5.75 Å². The molecule has 2 aromatic carbocycles. The van der Waals surface area contributed by atoms with Gasteiger partial charge in [-0.25, -0.2) is 4.79 Å². The Balaban J connectivity index is 1.52. The Morgan fingerprint density at radius 3 is 2.26 bits per heavy atom. The quantitative estimate of drug-likeness (QED) is 0.541. The van der Waals surface area contributed by atoms with Gasteiger partial charge in [-0.15, -0.1) is 0 Å². The molecule has 7 nitrogen and oxygen atoms in total. The zero-order valence-electron chi connectivity index (χ0n) is 21.4. The van der Waals surface area contributed by atoms with E-state index in [0.29, 0.717) is 6.42 Å². The molecule has 1 aliphatic heterocycles. The third-order valence-electron chi connectivity index (χ3n) is 6.62. The van der Waals surface area contributed by atoms with Crippen molar-refractivity contribution < 1.29 is 19.4 Å². The fraction of sp³-hybridized carbons (Fsp3) is 0.500. The van der Waals surface area contributed by atoms with Crippen molar-refractivity contribution in [1.82, 2.24) is 15.1 Å². The number of carboxylic acid groups (broad SMARTS) is 1. The molecule has 7 heteroatoms. The molecule has 1 atom stereocenters. The monoisotopic (exact) mass is 481 g/mol. The highest BCUT2D eigenvalue weighted by atomic mass is 16.5. The van der Waals surface area contributed by atoms with Crippen LogP contribution in [0.3, 0.4) is 0 Å². The van der Waals surface area contributed by atoms with E-state index in [1.807, 2.05) is 75.4 Å². The van der Waals surface area contributed by atoms with Gasteiger partial charge in [0.15, 0.2) is 0 Å². The Morgan fingerprint density at radius 1 is 1.09 bits per heavy atom. The molecule has 0 aliphatic carbocycles. The van der Waals surface area contributed by atoms with Gasteiger partial charge in [-0.1, -0.05) is 42.5 Å². The number of likely N-dealkylation sites (tertiary alicyclic amines) is 1. The van der Waals surface area contributed by atoms with Gasteiger partial charge >= 0.3 is 6.09 Å². The fourth-order valence-corrected chi connectivity index (χ4v) is 4.82. The van der Waals surface area contributed by atoms with E-state index in [2.05, 4.69) is 10.2 Å². The molecule has 0 aromatic heterocycles. The first kappa shape index (κ1) is 26.5. The summed E-state index contributed by atoms with van der Waals surface area (Å²) in [4.78, 5) is 28.6. The number of hydrogen-bond donors (Lipinski definition) is 2. The summed E-state index contributed by atoms with van der Waals surface area (Å²) >= 11 is 0. The minimum absolute atomic E-state index is 0.0417. The van der Waals surface area contributed by atoms with Gasteiger partial charge < -0.3 is 20.1 Å². The average molecular weight is 482 g/mol. The third kappa shape index (κ3) is 7.72. The number of benzene rings is 2. The summed E-state index contributed by atoms with van der Waals surface area (Å²) in [5.41, 5.74) is 1.48. The fourth-order valence-electron chi connectivity index (χ4n) is 4.82. The van der Waals surface area contributed by atoms with E-state index in [-0.39, 0.29) is 18.0 Å². The van der Waals surface area contributed by atoms with Crippen LogP contribution in [0.25, 0.3) is 0 Å². The highest BCUT2D eigenvalue weighted by Crippen LogP contribution is 2.31. The second-order valence-electron chi connectivity index (χ2n) is 10.2. The largest absolute Gasteiger partial charge is 0.497 e. The summed E-state index contributed by atoms with van der Waals surface area (Å²) in [5, 5.41) is 13.2. The molecule has 190 valence electrons. The molecule has 1 heterocycles. The maximum atomic E-state index is 12.5. The minimum atomic E-state index is -0.898. The lowest BCUT2D eigenvalue weighted by Gasteiger charge is -2.41. The van der Waals surface area contributed by atoms with E-state index in [0.717, 1.165) is 55.8 Å². The molecule has 0 bridgehead atoms. The summed E-state index contributed by atoms with van der Waals surface area (Å²) in [6, 6.07) is 17.4. The van der Waals surface area contributed by atoms with E-state index in [1.54, 1.807) is 12.0 Å². The molecule has 2 amide bonds. The molecule has 3 rings (SSSR count). The Bertz CT molecular complexity index is 948. The summed E-state index contributed by atoms with van der Waals surface area (Å²) < 4.78 is 5.17. The van der Waals surface area contributed by atoms with Gasteiger partial charge in [-0.05, 0) is 63.3 Å². The van der Waals surface area contributed by atoms with Crippen LogP contribution in [-0.2, 0) is 11.2 Å². The Morgan fingerprint density at radius 2 is 1.71 bits per heavy atom. The van der Waals surface area contributed by atoms with Crippen molar-refractivity contribution in [3.05, 3.63) is 65.7 Å². The summed E-state index contributed by atoms with van der Waals surface area (Å²) in [6.07, 6.45) is 1.98. The molecule has 2 aromatic rings. The van der Waals surface area contributed by atoms with Gasteiger partial charge in [0.25, 0.3) is 0 Å². The topological polar surface area (TPSA) is 82.1 Å². The maximum absolute atomic E-state index is 12.5. The zero-order chi connectivity index (χ0) is 25.4. The molecule has 0 spiro atoms. The second kappa shape index (κ2) is 12.1. The minimum Gasteiger partial charge on any atom is -0.497 e. The van der Waals surface area contributed by atoms with E-state index in [4.69, 9.17) is 4.74 Å². The lowest BCUT2D eigenvalue weighted by atomic mass is 9.95. The van der Waals surface area contributed by atoms with E-state index >= 15 is 0 Å². The first-order chi connectivity index (χ1) is 16.7. The summed E-state index contributed by atoms with van der Waals surface area (Å²) in [5.74, 6) is 0.824. The molecular weight excluding hydrogens is 442 g/mol. The number of methoxy groups -OCH3 is 1. The van der Waals surface area contributed by atoms with Crippen LogP contribution in [-0.4, -0.2) is 65.2 Å². The number of carbonyl (C=O) groups is 2. The Hall–Kier alpha value is -3.06. The number of nitrogens with zero attached hydrogens (tertiary/aromatic N) is 2. The number of amides is 2. The number of piperidine rings is 1. The van der Waals surface area contributed by atoms with Crippen LogP contribution in [0.1, 0.15) is 57.2 Å². The first-order valence-corrected chi connectivity index (χ1v) is 12.4. The normalized spacial score (nSPS) is 15.9. The van der Waals surface area contributed by atoms with Crippen LogP contribution in [0.4, 0.5) is 4.79 Å². The third-order valence-corrected chi connectivity index (χ3v) is 6.62. The Kier molecular flexibility index (Phi) is 9.15. The van der Waals surface area contributed by atoms with E-state index in [9.17, 15) is 14.7 Å². The smallest absolute Gasteiger partial charge is 0.408 e. The Labute approximate surface area is 209 Å². The number of carbonyl (C=O) groups excluding carboxylic acids is 1. The number of rotatable bonds is 9. The summed E-state index contributed by atoms with van der Waals surface area (Å²) in [7, 11) is 1.63. The zero-order valence-corrected chi connectivity index (χ0v) is 21.4. The van der Waals surface area contributed by atoms with Crippen LogP contribution in [0.15, 0.2) is 54.6 Å². The number of ether oxygens (including phenoxy) is 1. The predicted octanol–water partition coefficient (Wildman–Crippen LogP) is 4.73. The highest BCUT2D eigenvalue weighted by Gasteiger charge is 2.34. The number of nitrogens with one attached hydrogen (secondary N) is 1. The van der Waals surface area contributed by atoms with Gasteiger partial charge in [0, 0.05) is 31.2 Å². The molecule has 2 N–H and O–H groups in total. The highest BCUT2D eigenvalue weighted by molar-refractivity contribution is 5.78. The van der Waals surface area contributed by atoms with Gasteiger partial charge in [0.2, 0.25) is 5.91 Å². The molecule has 1 unspecified atom stereocenters. The molecule has 0 radical (unpaired) electrons. The van der Waals surface area contributed by atoms with Gasteiger partial charge in [-0.3, -0.25) is 9.69 Å². The van der Waals surface area contributed by atoms with E-state index < -0.39 is 11.6 Å². The molecule has 1 aliphatic rings. The standard InChI is InChI=1S/C28H39N3O4/c1-28(2,3)31(27(33)34)25(22-8-6-5-7-9-22)16-19-30-17-14-23(15-18-30)29-26(32)20-21-10-12-24(35-4)13-11-21/h5-13,23,25H,14-20H2,1-4H3,(H,29,32)(H,33,34). The SMILES string of the molecule is COc1ccc(CC(=O)NC2CCN(CCC(c3ccccc3)N(C(=O)O)C(C)(C)C)CC2)cc1. The van der Waals surface area contributed by atoms with Crippen LogP contribution < -0.4 is 10.1 Å². The van der Waals surface area contributed by atoms with Gasteiger partial charge in [0.05, 0.1) is 19.6 Å². The predicted molar refractivity (Wildman–Crippen MR) is 138 cm³/mol. The van der Waals surface area contributed by atoms with Crippen molar-refractivity contribution in [2.45, 2.75) is 64.1 Å². The van der Waals surface area contributed by atoms with Gasteiger partial charge in [0.1, 0.15) is 5.75 Å². The van der Waals surface area contributed by atoms with Crippen molar-refractivity contribution in [2.75, 3.05) is 26.7 Å². The lowest BCUT2D eigenvalue weighted by Crippen LogP contribution is -2.49. The van der Waals surface area contributed by atoms with Crippen LogP contribution >= 0.6 is 0 Å². The number of hydrogen-bond acceptors (Lipinski definition) is 4. The molecule has 0 saturated carbocycles. The lowest BCUT2D eigenvalue weighted by molar-refractivity contribution is -0.121. The van der Waals surface area contributed by atoms with Crippen molar-refractivity contribution in [2.24, 2.45) is 0 Å². The maximum Gasteiger partial charge on any atom is 0.408 e. The van der Waals surface area contributed by atoms with Crippen LogP contribution in [0.5, 0.6) is 5.75 Å². The van der Waals surface area contributed by atoms with Crippen LogP contribution in [0, 0.1) is 0 Å². The van der Waals surface area contributed by atoms with Crippen molar-refractivity contribution >= 4 is 12.0 Å². The van der Waals surface area contributed by atoms with Gasteiger partial charge in [-0.2, -0.15) is 0 Å². The molecular formula is C28H39N3O4.